The highest BCUT2D eigenvalue weighted by Gasteiger charge is 2.15. The minimum absolute atomic E-state index is 0.0542. The van der Waals surface area contributed by atoms with Crippen molar-refractivity contribution in [2.45, 2.75) is 34.2 Å². The van der Waals surface area contributed by atoms with Gasteiger partial charge in [-0.2, -0.15) is 0 Å². The smallest absolute Gasteiger partial charge is 0.257 e. The molecule has 0 saturated carbocycles. The largest absolute Gasteiger partial charge is 0.351 e. The van der Waals surface area contributed by atoms with E-state index >= 15 is 0 Å². The number of aryl methyl sites for hydroxylation is 3. The molecule has 6 nitrogen and oxygen atoms in total. The second kappa shape index (κ2) is 9.10. The zero-order valence-corrected chi connectivity index (χ0v) is 20.0. The average Bonchev–Trinajstić information content (AvgIpc) is 3.45. The van der Waals surface area contributed by atoms with Gasteiger partial charge in [-0.1, -0.05) is 0 Å². The van der Waals surface area contributed by atoms with E-state index in [1.165, 1.54) is 18.3 Å². The fourth-order valence-corrected chi connectivity index (χ4v) is 5.38. The Labute approximate surface area is 194 Å². The first-order valence-corrected chi connectivity index (χ1v) is 11.8. The maximum Gasteiger partial charge on any atom is 0.257 e. The average molecular weight is 465 g/mol. The van der Waals surface area contributed by atoms with Crippen LogP contribution in [0.4, 0.5) is 5.13 Å². The number of hydrogen-bond donors (Lipinski definition) is 2. The van der Waals surface area contributed by atoms with Gasteiger partial charge in [-0.05, 0) is 69.3 Å². The number of nitrogens with one attached hydrogen (secondary N) is 2. The van der Waals surface area contributed by atoms with Crippen molar-refractivity contribution in [1.82, 2.24) is 14.9 Å². The van der Waals surface area contributed by atoms with Crippen LogP contribution in [-0.4, -0.2) is 21.4 Å². The number of aromatic nitrogens is 2. The second-order valence-electron chi connectivity index (χ2n) is 7.55. The van der Waals surface area contributed by atoms with E-state index in [2.05, 4.69) is 46.2 Å². The molecular weight excluding hydrogens is 440 g/mol. The normalized spacial score (nSPS) is 10.9. The molecule has 0 saturated heterocycles. The molecule has 2 amide bonds. The topological polar surface area (TPSA) is 76.0 Å². The second-order valence-corrected chi connectivity index (χ2v) is 9.92. The van der Waals surface area contributed by atoms with Crippen molar-refractivity contribution in [2.24, 2.45) is 0 Å². The fourth-order valence-electron chi connectivity index (χ4n) is 3.50. The summed E-state index contributed by atoms with van der Waals surface area (Å²) in [5.74, 6) is -0.239. The van der Waals surface area contributed by atoms with Crippen LogP contribution in [0.2, 0.25) is 0 Å². The van der Waals surface area contributed by atoms with E-state index in [0.717, 1.165) is 37.4 Å². The lowest BCUT2D eigenvalue weighted by Crippen LogP contribution is -2.17. The van der Waals surface area contributed by atoms with E-state index in [9.17, 15) is 9.59 Å². The number of nitrogens with zero attached hydrogens (tertiary/aromatic N) is 2. The third kappa shape index (κ3) is 4.66. The maximum atomic E-state index is 12.8. The van der Waals surface area contributed by atoms with Crippen LogP contribution in [0.3, 0.4) is 0 Å². The van der Waals surface area contributed by atoms with Crippen LogP contribution in [-0.2, 0) is 11.3 Å². The lowest BCUT2D eigenvalue weighted by molar-refractivity contribution is -0.119. The van der Waals surface area contributed by atoms with Crippen molar-refractivity contribution < 1.29 is 9.59 Å². The highest BCUT2D eigenvalue weighted by molar-refractivity contribution is 7.18. The minimum atomic E-state index is -0.185. The molecule has 0 bridgehead atoms. The Hall–Kier alpha value is -3.23. The Kier molecular flexibility index (Phi) is 6.25. The summed E-state index contributed by atoms with van der Waals surface area (Å²) in [5, 5.41) is 6.30. The predicted molar refractivity (Wildman–Crippen MR) is 131 cm³/mol. The summed E-state index contributed by atoms with van der Waals surface area (Å²) in [5.41, 5.74) is 4.78. The number of hydrogen-bond acceptors (Lipinski definition) is 5. The third-order valence-electron chi connectivity index (χ3n) is 5.08. The number of thiazole rings is 1. The molecule has 3 aromatic heterocycles. The molecule has 3 heterocycles. The fraction of sp³-hybridized carbons (Fsp3) is 0.208. The third-order valence-corrected chi connectivity index (χ3v) is 7.06. The van der Waals surface area contributed by atoms with Crippen LogP contribution in [0.1, 0.15) is 38.4 Å². The van der Waals surface area contributed by atoms with Crippen LogP contribution in [0.15, 0.2) is 48.5 Å². The predicted octanol–water partition coefficient (Wildman–Crippen LogP) is 5.48. The lowest BCUT2D eigenvalue weighted by atomic mass is 10.2. The van der Waals surface area contributed by atoms with Gasteiger partial charge in [0.15, 0.2) is 5.13 Å². The van der Waals surface area contributed by atoms with E-state index < -0.39 is 0 Å². The molecule has 1 aromatic carbocycles. The first-order valence-electron chi connectivity index (χ1n) is 10.2. The number of benzene rings is 1. The molecule has 0 spiro atoms. The summed E-state index contributed by atoms with van der Waals surface area (Å²) in [7, 11) is 0. The van der Waals surface area contributed by atoms with Crippen molar-refractivity contribution in [2.75, 3.05) is 5.32 Å². The molecule has 2 N–H and O–H groups in total. The van der Waals surface area contributed by atoms with Crippen LogP contribution in [0.5, 0.6) is 0 Å². The van der Waals surface area contributed by atoms with Gasteiger partial charge in [0.2, 0.25) is 5.91 Å². The summed E-state index contributed by atoms with van der Waals surface area (Å²) in [6.45, 7) is 8.13. The highest BCUT2D eigenvalue weighted by atomic mass is 32.1. The minimum Gasteiger partial charge on any atom is -0.351 e. The Morgan fingerprint density at radius 2 is 1.62 bits per heavy atom. The van der Waals surface area contributed by atoms with Crippen molar-refractivity contribution in [3.63, 3.8) is 0 Å². The molecule has 32 heavy (non-hydrogen) atoms. The summed E-state index contributed by atoms with van der Waals surface area (Å²) >= 11 is 3.04. The highest BCUT2D eigenvalue weighted by Crippen LogP contribution is 2.35. The van der Waals surface area contributed by atoms with Crippen molar-refractivity contribution >= 4 is 39.6 Å². The van der Waals surface area contributed by atoms with E-state index in [1.54, 1.807) is 11.3 Å². The molecule has 0 aliphatic heterocycles. The van der Waals surface area contributed by atoms with Crippen LogP contribution < -0.4 is 10.6 Å². The quantitative estimate of drug-likeness (QED) is 0.397. The van der Waals surface area contributed by atoms with Gasteiger partial charge in [0.05, 0.1) is 17.1 Å². The number of amides is 2. The monoisotopic (exact) mass is 464 g/mol. The maximum absolute atomic E-state index is 12.8. The van der Waals surface area contributed by atoms with Gasteiger partial charge in [0, 0.05) is 39.3 Å². The Morgan fingerprint density at radius 1 is 0.938 bits per heavy atom. The van der Waals surface area contributed by atoms with Crippen LogP contribution >= 0.6 is 22.7 Å². The summed E-state index contributed by atoms with van der Waals surface area (Å²) in [6, 6.07) is 15.7. The standard InChI is InChI=1S/C24H24N4O2S2/c1-14-5-6-15(2)28(14)19-9-7-18(8-10-19)23(30)27-24-26-22(16(3)31-24)21-12-11-20(32-21)13-25-17(4)29/h5-12H,13H2,1-4H3,(H,25,29)(H,26,27,30). The van der Waals surface area contributed by atoms with Crippen LogP contribution in [0.25, 0.3) is 16.3 Å². The number of rotatable bonds is 6. The van der Waals surface area contributed by atoms with Crippen molar-refractivity contribution in [3.8, 4) is 16.3 Å². The summed E-state index contributed by atoms with van der Waals surface area (Å²) < 4.78 is 2.15. The zero-order valence-electron chi connectivity index (χ0n) is 18.4. The van der Waals surface area contributed by atoms with E-state index in [0.29, 0.717) is 17.2 Å². The molecule has 0 atom stereocenters. The molecule has 0 aliphatic carbocycles. The van der Waals surface area contributed by atoms with Gasteiger partial charge >= 0.3 is 0 Å². The number of carbonyl (C=O) groups excluding carboxylic acids is 2. The van der Waals surface area contributed by atoms with Gasteiger partial charge < -0.3 is 9.88 Å². The lowest BCUT2D eigenvalue weighted by Gasteiger charge is -2.10. The Bertz CT molecular complexity index is 1260. The first kappa shape index (κ1) is 22.0. The SMILES string of the molecule is CC(=O)NCc1ccc(-c2nc(NC(=O)c3ccc(-n4c(C)ccc4C)cc3)sc2C)s1. The van der Waals surface area contributed by atoms with E-state index in [4.69, 9.17) is 0 Å². The van der Waals surface area contributed by atoms with E-state index in [-0.39, 0.29) is 11.8 Å². The molecule has 0 fully saturated rings. The van der Waals surface area contributed by atoms with E-state index in [1.807, 2.05) is 43.3 Å². The molecule has 0 aliphatic rings. The van der Waals surface area contributed by atoms with Gasteiger partial charge in [-0.15, -0.1) is 22.7 Å². The Morgan fingerprint density at radius 3 is 2.28 bits per heavy atom. The molecule has 0 radical (unpaired) electrons. The Balaban J connectivity index is 1.47. The van der Waals surface area contributed by atoms with Gasteiger partial charge in [0.25, 0.3) is 5.91 Å². The number of anilines is 1. The van der Waals surface area contributed by atoms with Crippen molar-refractivity contribution in [1.29, 1.82) is 0 Å². The van der Waals surface area contributed by atoms with Gasteiger partial charge in [-0.3, -0.25) is 14.9 Å². The molecule has 4 aromatic rings. The molecular formula is C24H24N4O2S2. The summed E-state index contributed by atoms with van der Waals surface area (Å²) in [4.78, 5) is 31.6. The number of thiophene rings is 1. The number of carbonyl (C=O) groups is 2. The van der Waals surface area contributed by atoms with Crippen molar-refractivity contribution in [3.05, 3.63) is 75.2 Å². The molecule has 8 heteroatoms. The summed E-state index contributed by atoms with van der Waals surface area (Å²) in [6.07, 6.45) is 0. The first-order chi connectivity index (χ1) is 15.3. The zero-order chi connectivity index (χ0) is 22.8. The van der Waals surface area contributed by atoms with Gasteiger partial charge in [0.1, 0.15) is 0 Å². The molecule has 4 rings (SSSR count). The molecule has 0 unspecified atom stereocenters. The van der Waals surface area contributed by atoms with Crippen LogP contribution in [0, 0.1) is 20.8 Å². The van der Waals surface area contributed by atoms with Gasteiger partial charge in [-0.25, -0.2) is 4.98 Å². The molecule has 164 valence electrons.